The average molecular weight is 451 g/mol. The summed E-state index contributed by atoms with van der Waals surface area (Å²) in [7, 11) is 4.47. The molecule has 0 radical (unpaired) electrons. The molecule has 0 saturated carbocycles. The van der Waals surface area contributed by atoms with Gasteiger partial charge in [-0.25, -0.2) is 9.79 Å². The zero-order valence-electron chi connectivity index (χ0n) is 18.1. The molecule has 0 bridgehead atoms. The summed E-state index contributed by atoms with van der Waals surface area (Å²) < 4.78 is 17.7. The minimum Gasteiger partial charge on any atom is -0.497 e. The number of ether oxygens (including phenoxy) is 3. The SMILES string of the molecule is COC(=O)C1=C(C)N=c2sc(=Cc3cc(OC)cc(OC)c3)c(=O)n2C1c1ccccc1. The van der Waals surface area contributed by atoms with Crippen molar-refractivity contribution >= 4 is 23.4 Å². The van der Waals surface area contributed by atoms with Crippen LogP contribution >= 0.6 is 11.3 Å². The molecule has 2 heterocycles. The van der Waals surface area contributed by atoms with Crippen LogP contribution in [0.3, 0.4) is 0 Å². The summed E-state index contributed by atoms with van der Waals surface area (Å²) in [5.74, 6) is 0.732. The maximum absolute atomic E-state index is 13.5. The molecular formula is C24H22N2O5S. The van der Waals surface area contributed by atoms with Crippen molar-refractivity contribution in [3.63, 3.8) is 0 Å². The molecule has 0 spiro atoms. The van der Waals surface area contributed by atoms with E-state index in [0.717, 1.165) is 11.1 Å². The van der Waals surface area contributed by atoms with E-state index in [0.29, 0.717) is 32.1 Å². The highest BCUT2D eigenvalue weighted by molar-refractivity contribution is 7.07. The van der Waals surface area contributed by atoms with Gasteiger partial charge in [-0.3, -0.25) is 9.36 Å². The number of fused-ring (bicyclic) bond motifs is 1. The molecule has 1 atom stereocenters. The minimum absolute atomic E-state index is 0.238. The van der Waals surface area contributed by atoms with Crippen LogP contribution in [0.2, 0.25) is 0 Å². The molecule has 1 aliphatic rings. The lowest BCUT2D eigenvalue weighted by molar-refractivity contribution is -0.136. The Labute approximate surface area is 188 Å². The third-order valence-electron chi connectivity index (χ3n) is 5.21. The zero-order valence-corrected chi connectivity index (χ0v) is 18.9. The first-order valence-corrected chi connectivity index (χ1v) is 10.7. The topological polar surface area (TPSA) is 79.1 Å². The summed E-state index contributed by atoms with van der Waals surface area (Å²) in [5, 5.41) is 0. The third-order valence-corrected chi connectivity index (χ3v) is 6.20. The van der Waals surface area contributed by atoms with Gasteiger partial charge in [-0.1, -0.05) is 41.7 Å². The molecule has 7 nitrogen and oxygen atoms in total. The van der Waals surface area contributed by atoms with E-state index in [1.165, 1.54) is 18.4 Å². The first kappa shape index (κ1) is 21.6. The van der Waals surface area contributed by atoms with Gasteiger partial charge < -0.3 is 14.2 Å². The summed E-state index contributed by atoms with van der Waals surface area (Å²) in [5.41, 5.74) is 2.20. The predicted octanol–water partition coefficient (Wildman–Crippen LogP) is 2.43. The lowest BCUT2D eigenvalue weighted by Crippen LogP contribution is -2.39. The molecule has 4 rings (SSSR count). The smallest absolute Gasteiger partial charge is 0.338 e. The van der Waals surface area contributed by atoms with Gasteiger partial charge in [-0.2, -0.15) is 0 Å². The molecule has 1 aromatic heterocycles. The first-order chi connectivity index (χ1) is 15.5. The maximum Gasteiger partial charge on any atom is 0.338 e. The summed E-state index contributed by atoms with van der Waals surface area (Å²) in [6, 6.07) is 14.2. The van der Waals surface area contributed by atoms with Crippen LogP contribution in [0.5, 0.6) is 11.5 Å². The van der Waals surface area contributed by atoms with Gasteiger partial charge in [-0.05, 0) is 36.3 Å². The van der Waals surface area contributed by atoms with E-state index in [2.05, 4.69) is 4.99 Å². The molecule has 3 aromatic rings. The third kappa shape index (κ3) is 3.85. The zero-order chi connectivity index (χ0) is 22.8. The number of nitrogens with zero attached hydrogens (tertiary/aromatic N) is 2. The van der Waals surface area contributed by atoms with E-state index in [9.17, 15) is 9.59 Å². The van der Waals surface area contributed by atoms with E-state index in [1.54, 1.807) is 37.9 Å². The Bertz CT molecular complexity index is 1360. The Morgan fingerprint density at radius 2 is 1.72 bits per heavy atom. The summed E-state index contributed by atoms with van der Waals surface area (Å²) in [6.07, 6.45) is 1.77. The number of benzene rings is 2. The molecular weight excluding hydrogens is 428 g/mol. The number of hydrogen-bond acceptors (Lipinski definition) is 7. The second-order valence-electron chi connectivity index (χ2n) is 7.13. The van der Waals surface area contributed by atoms with E-state index < -0.39 is 12.0 Å². The monoisotopic (exact) mass is 450 g/mol. The first-order valence-electron chi connectivity index (χ1n) is 9.85. The van der Waals surface area contributed by atoms with E-state index in [4.69, 9.17) is 14.2 Å². The molecule has 164 valence electrons. The number of thiazole rings is 1. The van der Waals surface area contributed by atoms with Gasteiger partial charge in [0.25, 0.3) is 5.56 Å². The Morgan fingerprint density at radius 3 is 2.31 bits per heavy atom. The molecule has 8 heteroatoms. The van der Waals surface area contributed by atoms with Crippen LogP contribution in [0.25, 0.3) is 6.08 Å². The number of esters is 1. The Hall–Kier alpha value is -3.65. The summed E-state index contributed by atoms with van der Waals surface area (Å²) in [6.45, 7) is 1.76. The fourth-order valence-corrected chi connectivity index (χ4v) is 4.75. The number of carbonyl (C=O) groups excluding carboxylic acids is 1. The highest BCUT2D eigenvalue weighted by Crippen LogP contribution is 2.30. The van der Waals surface area contributed by atoms with Gasteiger partial charge >= 0.3 is 5.97 Å². The van der Waals surface area contributed by atoms with Crippen LogP contribution < -0.4 is 24.4 Å². The molecule has 1 unspecified atom stereocenters. The summed E-state index contributed by atoms with van der Waals surface area (Å²) >= 11 is 1.27. The molecule has 1 aliphatic heterocycles. The summed E-state index contributed by atoms with van der Waals surface area (Å²) in [4.78, 5) is 31.2. The minimum atomic E-state index is -0.623. The van der Waals surface area contributed by atoms with Crippen molar-refractivity contribution in [2.24, 2.45) is 4.99 Å². The van der Waals surface area contributed by atoms with Crippen LogP contribution in [0.4, 0.5) is 0 Å². The number of methoxy groups -OCH3 is 3. The number of allylic oxidation sites excluding steroid dienone is 1. The standard InChI is InChI=1S/C24H22N2O5S/c1-14-20(23(28)31-4)21(16-8-6-5-7-9-16)26-22(27)19(32-24(26)25-14)12-15-10-17(29-2)13-18(11-15)30-3/h5-13,21H,1-4H3. The van der Waals surface area contributed by atoms with Crippen LogP contribution in [0, 0.1) is 0 Å². The van der Waals surface area contributed by atoms with Crippen LogP contribution in [0.1, 0.15) is 24.1 Å². The van der Waals surface area contributed by atoms with Gasteiger partial charge in [0.05, 0.1) is 43.2 Å². The second kappa shape index (κ2) is 8.84. The second-order valence-corrected chi connectivity index (χ2v) is 8.14. The Kier molecular flexibility index (Phi) is 5.96. The largest absolute Gasteiger partial charge is 0.497 e. The number of carbonyl (C=O) groups is 1. The van der Waals surface area contributed by atoms with Crippen LogP contribution in [-0.4, -0.2) is 31.9 Å². The van der Waals surface area contributed by atoms with E-state index in [1.807, 2.05) is 42.5 Å². The molecule has 0 aliphatic carbocycles. The molecule has 2 aromatic carbocycles. The number of aromatic nitrogens is 1. The number of rotatable bonds is 5. The Morgan fingerprint density at radius 1 is 1.06 bits per heavy atom. The van der Waals surface area contributed by atoms with Crippen LogP contribution in [-0.2, 0) is 9.53 Å². The normalized spacial score (nSPS) is 15.8. The van der Waals surface area contributed by atoms with Crippen molar-refractivity contribution in [3.8, 4) is 11.5 Å². The van der Waals surface area contributed by atoms with Crippen molar-refractivity contribution in [2.45, 2.75) is 13.0 Å². The average Bonchev–Trinajstić information content (AvgIpc) is 3.12. The van der Waals surface area contributed by atoms with E-state index in [-0.39, 0.29) is 5.56 Å². The molecule has 0 saturated heterocycles. The van der Waals surface area contributed by atoms with Crippen molar-refractivity contribution in [2.75, 3.05) is 21.3 Å². The highest BCUT2D eigenvalue weighted by atomic mass is 32.1. The van der Waals surface area contributed by atoms with E-state index >= 15 is 0 Å². The lowest BCUT2D eigenvalue weighted by atomic mass is 9.96. The van der Waals surface area contributed by atoms with Gasteiger partial charge in [0.1, 0.15) is 11.5 Å². The van der Waals surface area contributed by atoms with Crippen molar-refractivity contribution in [1.82, 2.24) is 4.57 Å². The predicted molar refractivity (Wildman–Crippen MR) is 122 cm³/mol. The van der Waals surface area contributed by atoms with Crippen molar-refractivity contribution in [1.29, 1.82) is 0 Å². The maximum atomic E-state index is 13.5. The molecule has 0 amide bonds. The fraction of sp³-hybridized carbons (Fsp3) is 0.208. The quantitative estimate of drug-likeness (QED) is 0.558. The molecule has 32 heavy (non-hydrogen) atoms. The molecule has 0 N–H and O–H groups in total. The highest BCUT2D eigenvalue weighted by Gasteiger charge is 2.32. The van der Waals surface area contributed by atoms with Gasteiger partial charge in [0.2, 0.25) is 0 Å². The van der Waals surface area contributed by atoms with Gasteiger partial charge in [-0.15, -0.1) is 0 Å². The van der Waals surface area contributed by atoms with Gasteiger partial charge in [0.15, 0.2) is 4.80 Å². The number of hydrogen-bond donors (Lipinski definition) is 0. The van der Waals surface area contributed by atoms with Crippen molar-refractivity contribution in [3.05, 3.63) is 90.6 Å². The van der Waals surface area contributed by atoms with Crippen LogP contribution in [0.15, 0.2) is 69.6 Å². The fourth-order valence-electron chi connectivity index (χ4n) is 3.71. The molecule has 0 fully saturated rings. The van der Waals surface area contributed by atoms with Crippen molar-refractivity contribution < 1.29 is 19.0 Å². The van der Waals surface area contributed by atoms with Gasteiger partial charge in [0, 0.05) is 6.07 Å². The Balaban J connectivity index is 1.96. The lowest BCUT2D eigenvalue weighted by Gasteiger charge is -2.24.